The highest BCUT2D eigenvalue weighted by molar-refractivity contribution is 6.15. The molecule has 7 nitrogen and oxygen atoms in total. The van der Waals surface area contributed by atoms with Gasteiger partial charge in [0.2, 0.25) is 5.91 Å². The van der Waals surface area contributed by atoms with Crippen molar-refractivity contribution in [2.75, 3.05) is 39.9 Å². The summed E-state index contributed by atoms with van der Waals surface area (Å²) in [5.41, 5.74) is 1.33. The van der Waals surface area contributed by atoms with Crippen molar-refractivity contribution in [3.05, 3.63) is 41.1 Å². The molecule has 0 atom stereocenters. The number of halogens is 2. The van der Waals surface area contributed by atoms with Crippen molar-refractivity contribution in [3.63, 3.8) is 0 Å². The summed E-state index contributed by atoms with van der Waals surface area (Å²) in [5.74, 6) is 0.776. The van der Waals surface area contributed by atoms with Crippen molar-refractivity contribution < 1.29 is 18.7 Å². The molecule has 32 heavy (non-hydrogen) atoms. The fourth-order valence-corrected chi connectivity index (χ4v) is 3.46. The van der Waals surface area contributed by atoms with Crippen LogP contribution in [-0.4, -0.2) is 72.3 Å². The highest BCUT2D eigenvalue weighted by Crippen LogP contribution is 2.31. The van der Waals surface area contributed by atoms with Gasteiger partial charge >= 0.3 is 0 Å². The van der Waals surface area contributed by atoms with Gasteiger partial charge in [-0.1, -0.05) is 6.07 Å². The number of phenolic OH excluding ortho intramolecular Hbond substituents is 1. The topological polar surface area (TPSA) is 80.5 Å². The molecule has 1 amide bonds. The Balaban J connectivity index is 1.70. The number of hydrogen-bond donors (Lipinski definition) is 2. The normalized spacial score (nSPS) is 18.9. The lowest BCUT2D eigenvalue weighted by molar-refractivity contribution is -0.134. The Kier molecular flexibility index (Phi) is 7.95. The van der Waals surface area contributed by atoms with Crippen LogP contribution in [-0.2, 0) is 4.79 Å². The molecule has 3 rings (SSSR count). The number of benzene rings is 1. The minimum Gasteiger partial charge on any atom is -0.507 e. The zero-order valence-electron chi connectivity index (χ0n) is 18.8. The van der Waals surface area contributed by atoms with Crippen molar-refractivity contribution in [1.29, 1.82) is 0 Å². The van der Waals surface area contributed by atoms with E-state index in [0.717, 1.165) is 37.7 Å². The van der Waals surface area contributed by atoms with Crippen LogP contribution < -0.4 is 5.32 Å². The molecule has 2 aliphatic rings. The van der Waals surface area contributed by atoms with Crippen molar-refractivity contribution >= 4 is 17.5 Å². The van der Waals surface area contributed by atoms with Crippen molar-refractivity contribution in [3.8, 4) is 5.75 Å². The zero-order chi connectivity index (χ0) is 23.3. The van der Waals surface area contributed by atoms with Gasteiger partial charge in [-0.15, -0.1) is 0 Å². The fourth-order valence-electron chi connectivity index (χ4n) is 3.46. The van der Waals surface area contributed by atoms with Crippen LogP contribution >= 0.6 is 0 Å². The molecule has 1 saturated carbocycles. The van der Waals surface area contributed by atoms with Gasteiger partial charge in [-0.05, 0) is 44.9 Å². The Morgan fingerprint density at radius 1 is 1.25 bits per heavy atom. The molecular weight excluding hydrogens is 416 g/mol. The molecule has 1 heterocycles. The monoisotopic (exact) mass is 447 g/mol. The first-order valence-electron chi connectivity index (χ1n) is 10.9. The van der Waals surface area contributed by atoms with E-state index < -0.39 is 6.43 Å². The van der Waals surface area contributed by atoms with Crippen LogP contribution in [0.1, 0.15) is 44.2 Å². The summed E-state index contributed by atoms with van der Waals surface area (Å²) < 4.78 is 25.9. The average molecular weight is 448 g/mol. The molecule has 2 N–H and O–H groups in total. The molecule has 2 fully saturated rings. The molecule has 1 aromatic rings. The number of piperazine rings is 1. The molecule has 1 aliphatic carbocycles. The van der Waals surface area contributed by atoms with Gasteiger partial charge in [0, 0.05) is 56.0 Å². The summed E-state index contributed by atoms with van der Waals surface area (Å²) >= 11 is 0. The number of nitrogens with zero attached hydrogens (tertiary/aromatic N) is 4. The van der Waals surface area contributed by atoms with Crippen LogP contribution in [0.4, 0.5) is 8.78 Å². The third-order valence-electron chi connectivity index (χ3n) is 5.69. The van der Waals surface area contributed by atoms with Crippen molar-refractivity contribution in [1.82, 2.24) is 15.1 Å². The van der Waals surface area contributed by atoms with E-state index in [0.29, 0.717) is 36.9 Å². The number of amides is 1. The van der Waals surface area contributed by atoms with Gasteiger partial charge in [0.1, 0.15) is 11.6 Å². The molecule has 0 aromatic heterocycles. The van der Waals surface area contributed by atoms with Gasteiger partial charge in [-0.2, -0.15) is 0 Å². The standard InChI is InChI=1S/C23H31F2N5O2/c1-15(26-3)12-20(19-7-6-18(22(24)25)13-21(19)31)28-16(2)27-14-29-8-10-30(11-9-29)23(32)17-4-5-17/h6-7,12-13,17,22,26,31H,4-5,8-11,14H2,1-3H3/b15-12-,27-16+,28-20-. The maximum absolute atomic E-state index is 12.9. The summed E-state index contributed by atoms with van der Waals surface area (Å²) in [6, 6.07) is 3.79. The lowest BCUT2D eigenvalue weighted by Gasteiger charge is -2.33. The van der Waals surface area contributed by atoms with Gasteiger partial charge < -0.3 is 15.3 Å². The van der Waals surface area contributed by atoms with E-state index in [2.05, 4.69) is 20.2 Å². The summed E-state index contributed by atoms with van der Waals surface area (Å²) in [7, 11) is 1.76. The molecule has 0 unspecified atom stereocenters. The van der Waals surface area contributed by atoms with Crippen molar-refractivity contribution in [2.24, 2.45) is 15.9 Å². The Morgan fingerprint density at radius 3 is 2.50 bits per heavy atom. The van der Waals surface area contributed by atoms with Gasteiger partial charge in [-0.25, -0.2) is 13.8 Å². The van der Waals surface area contributed by atoms with Crippen LogP contribution in [0.15, 0.2) is 40.0 Å². The number of aromatic hydroxyl groups is 1. The number of rotatable bonds is 7. The lowest BCUT2D eigenvalue weighted by atomic mass is 10.0. The fraction of sp³-hybridized carbons (Fsp3) is 0.522. The Morgan fingerprint density at radius 2 is 1.94 bits per heavy atom. The van der Waals surface area contributed by atoms with Gasteiger partial charge in [0.25, 0.3) is 6.43 Å². The second-order valence-corrected chi connectivity index (χ2v) is 8.22. The first-order valence-corrected chi connectivity index (χ1v) is 10.9. The number of nitrogens with one attached hydrogen (secondary N) is 1. The van der Waals surface area contributed by atoms with Gasteiger partial charge in [-0.3, -0.25) is 14.7 Å². The molecule has 0 bridgehead atoms. The summed E-state index contributed by atoms with van der Waals surface area (Å²) in [4.78, 5) is 25.4. The van der Waals surface area contributed by atoms with Crippen molar-refractivity contribution in [2.45, 2.75) is 33.1 Å². The predicted molar refractivity (Wildman–Crippen MR) is 121 cm³/mol. The number of phenols is 1. The number of amidine groups is 1. The van der Waals surface area contributed by atoms with E-state index in [9.17, 15) is 18.7 Å². The summed E-state index contributed by atoms with van der Waals surface area (Å²) in [6.07, 6.45) is 1.11. The number of carbonyl (C=O) groups is 1. The molecule has 1 aliphatic heterocycles. The highest BCUT2D eigenvalue weighted by Gasteiger charge is 2.34. The van der Waals surface area contributed by atoms with E-state index >= 15 is 0 Å². The molecule has 174 valence electrons. The van der Waals surface area contributed by atoms with E-state index in [1.54, 1.807) is 20.0 Å². The Hall–Kier alpha value is -2.81. The molecule has 1 saturated heterocycles. The number of aliphatic imine (C=N–C) groups is 2. The smallest absolute Gasteiger partial charge is 0.263 e. The number of carbonyl (C=O) groups excluding carboxylic acids is 1. The third-order valence-corrected chi connectivity index (χ3v) is 5.69. The van der Waals surface area contributed by atoms with Crippen LogP contribution in [0.25, 0.3) is 0 Å². The van der Waals surface area contributed by atoms with Crippen LogP contribution in [0.5, 0.6) is 5.75 Å². The first kappa shape index (κ1) is 23.8. The maximum Gasteiger partial charge on any atom is 0.263 e. The first-order chi connectivity index (χ1) is 15.3. The number of alkyl halides is 2. The van der Waals surface area contributed by atoms with E-state index in [1.807, 2.05) is 11.8 Å². The Labute approximate surface area is 187 Å². The second-order valence-electron chi connectivity index (χ2n) is 8.22. The van der Waals surface area contributed by atoms with E-state index in [-0.39, 0.29) is 23.1 Å². The van der Waals surface area contributed by atoms with Gasteiger partial charge in [0.15, 0.2) is 0 Å². The molecule has 0 spiro atoms. The van der Waals surface area contributed by atoms with Gasteiger partial charge in [0.05, 0.1) is 12.4 Å². The molecule has 9 heteroatoms. The third kappa shape index (κ3) is 6.35. The average Bonchev–Trinajstić information content (AvgIpc) is 3.62. The summed E-state index contributed by atoms with van der Waals surface area (Å²) in [5, 5.41) is 13.3. The predicted octanol–water partition coefficient (Wildman–Crippen LogP) is 3.17. The molecule has 0 radical (unpaired) electrons. The van der Waals surface area contributed by atoms with Crippen LogP contribution in [0.3, 0.4) is 0 Å². The quantitative estimate of drug-likeness (QED) is 0.497. The van der Waals surface area contributed by atoms with E-state index in [4.69, 9.17) is 0 Å². The number of hydrogen-bond acceptors (Lipinski definition) is 5. The lowest BCUT2D eigenvalue weighted by Crippen LogP contribution is -2.49. The molecular formula is C23H31F2N5O2. The minimum absolute atomic E-state index is 0.245. The highest BCUT2D eigenvalue weighted by atomic mass is 19.3. The Bertz CT molecular complexity index is 917. The van der Waals surface area contributed by atoms with Crippen LogP contribution in [0, 0.1) is 5.92 Å². The summed E-state index contributed by atoms with van der Waals surface area (Å²) in [6.45, 7) is 7.02. The zero-order valence-corrected chi connectivity index (χ0v) is 18.8. The van der Waals surface area contributed by atoms with Crippen LogP contribution in [0.2, 0.25) is 0 Å². The second kappa shape index (κ2) is 10.7. The maximum atomic E-state index is 12.9. The van der Waals surface area contributed by atoms with E-state index in [1.165, 1.54) is 12.1 Å². The molecule has 1 aromatic carbocycles. The minimum atomic E-state index is -2.66. The SMILES string of the molecule is CN\C(C)=C/C(=N/C(C)=N/CN1CCN(C(=O)C2CC2)CC1)c1ccc(C(F)F)cc1O. The largest absolute Gasteiger partial charge is 0.507 e. The number of allylic oxidation sites excluding steroid dienone is 2.